The summed E-state index contributed by atoms with van der Waals surface area (Å²) in [5.74, 6) is 0. The Hall–Kier alpha value is -1.80. The molecule has 136 valence electrons. The Morgan fingerprint density at radius 1 is 0.840 bits per heavy atom. The molecule has 0 aliphatic carbocycles. The second kappa shape index (κ2) is 9.62. The first-order valence-electron chi connectivity index (χ1n) is 9.95. The third kappa shape index (κ3) is 4.43. The SMILES string of the molecule is CC.CC.c1ccc(CN2CCC3(CC2)CNc2ccccc23)cc1. The molecule has 1 N–H and O–H groups in total. The summed E-state index contributed by atoms with van der Waals surface area (Å²) in [4.78, 5) is 2.60. The lowest BCUT2D eigenvalue weighted by Gasteiger charge is -2.39. The fourth-order valence-corrected chi connectivity index (χ4v) is 3.89. The molecule has 0 atom stereocenters. The number of hydrogen-bond acceptors (Lipinski definition) is 2. The van der Waals surface area contributed by atoms with Crippen LogP contribution >= 0.6 is 0 Å². The number of para-hydroxylation sites is 1. The van der Waals surface area contributed by atoms with Crippen molar-refractivity contribution in [2.24, 2.45) is 0 Å². The minimum atomic E-state index is 0.379. The monoisotopic (exact) mass is 338 g/mol. The van der Waals surface area contributed by atoms with Crippen LogP contribution in [0.1, 0.15) is 51.7 Å². The molecule has 2 aromatic rings. The van der Waals surface area contributed by atoms with E-state index in [1.54, 1.807) is 5.56 Å². The third-order valence-electron chi connectivity index (χ3n) is 5.18. The predicted octanol–water partition coefficient (Wildman–Crippen LogP) is 5.70. The van der Waals surface area contributed by atoms with Crippen molar-refractivity contribution < 1.29 is 0 Å². The van der Waals surface area contributed by atoms with Crippen LogP contribution in [0.25, 0.3) is 0 Å². The van der Waals surface area contributed by atoms with Crippen molar-refractivity contribution in [3.05, 3.63) is 65.7 Å². The summed E-state index contributed by atoms with van der Waals surface area (Å²) in [6, 6.07) is 19.7. The molecule has 0 amide bonds. The fourth-order valence-electron chi connectivity index (χ4n) is 3.89. The van der Waals surface area contributed by atoms with Gasteiger partial charge in [-0.25, -0.2) is 0 Å². The molecule has 4 rings (SSSR count). The van der Waals surface area contributed by atoms with Crippen molar-refractivity contribution in [2.75, 3.05) is 25.0 Å². The topological polar surface area (TPSA) is 15.3 Å². The Kier molecular flexibility index (Phi) is 7.52. The normalized spacial score (nSPS) is 17.4. The Morgan fingerprint density at radius 2 is 1.44 bits per heavy atom. The van der Waals surface area contributed by atoms with Crippen LogP contribution in [0.4, 0.5) is 5.69 Å². The molecule has 2 nitrogen and oxygen atoms in total. The Labute approximate surface area is 154 Å². The molecule has 1 saturated heterocycles. The molecule has 2 heteroatoms. The quantitative estimate of drug-likeness (QED) is 0.756. The summed E-state index contributed by atoms with van der Waals surface area (Å²) >= 11 is 0. The van der Waals surface area contributed by atoms with Crippen LogP contribution in [0.3, 0.4) is 0 Å². The second-order valence-electron chi connectivity index (χ2n) is 6.44. The molecular weight excluding hydrogens is 304 g/mol. The summed E-state index contributed by atoms with van der Waals surface area (Å²) in [6.07, 6.45) is 2.54. The van der Waals surface area contributed by atoms with Gasteiger partial charge in [0.15, 0.2) is 0 Å². The molecule has 0 saturated carbocycles. The maximum atomic E-state index is 3.61. The van der Waals surface area contributed by atoms with E-state index in [1.807, 2.05) is 27.7 Å². The van der Waals surface area contributed by atoms with Gasteiger partial charge in [-0.15, -0.1) is 0 Å². The van der Waals surface area contributed by atoms with Gasteiger partial charge in [0.1, 0.15) is 0 Å². The van der Waals surface area contributed by atoms with Crippen LogP contribution in [0, 0.1) is 0 Å². The average Bonchev–Trinajstić information content (AvgIpc) is 3.06. The van der Waals surface area contributed by atoms with E-state index < -0.39 is 0 Å². The lowest BCUT2D eigenvalue weighted by molar-refractivity contribution is 0.162. The number of benzene rings is 2. The molecular formula is C23H34N2. The molecule has 25 heavy (non-hydrogen) atoms. The summed E-state index contributed by atoms with van der Waals surface area (Å²) in [5.41, 5.74) is 4.71. The van der Waals surface area contributed by atoms with E-state index in [9.17, 15) is 0 Å². The minimum Gasteiger partial charge on any atom is -0.384 e. The highest BCUT2D eigenvalue weighted by Crippen LogP contribution is 2.43. The number of nitrogens with one attached hydrogen (secondary N) is 1. The van der Waals surface area contributed by atoms with E-state index in [0.29, 0.717) is 5.41 Å². The van der Waals surface area contributed by atoms with Crippen molar-refractivity contribution in [1.29, 1.82) is 0 Å². The van der Waals surface area contributed by atoms with Crippen LogP contribution in [0.15, 0.2) is 54.6 Å². The zero-order chi connectivity index (χ0) is 18.1. The van der Waals surface area contributed by atoms with Gasteiger partial charge in [-0.3, -0.25) is 4.90 Å². The number of piperidine rings is 1. The second-order valence-corrected chi connectivity index (χ2v) is 6.44. The first kappa shape index (κ1) is 19.5. The van der Waals surface area contributed by atoms with E-state index >= 15 is 0 Å². The maximum absolute atomic E-state index is 3.61. The Morgan fingerprint density at radius 3 is 2.12 bits per heavy atom. The number of hydrogen-bond donors (Lipinski definition) is 1. The minimum absolute atomic E-state index is 0.379. The van der Waals surface area contributed by atoms with Gasteiger partial charge in [0.2, 0.25) is 0 Å². The third-order valence-corrected chi connectivity index (χ3v) is 5.18. The van der Waals surface area contributed by atoms with E-state index in [-0.39, 0.29) is 0 Å². The number of nitrogens with zero attached hydrogens (tertiary/aromatic N) is 1. The van der Waals surface area contributed by atoms with Gasteiger partial charge in [-0.2, -0.15) is 0 Å². The van der Waals surface area contributed by atoms with Gasteiger partial charge in [-0.1, -0.05) is 76.2 Å². The molecule has 2 heterocycles. The van der Waals surface area contributed by atoms with Crippen molar-refractivity contribution in [3.8, 4) is 0 Å². The van der Waals surface area contributed by atoms with Crippen molar-refractivity contribution in [2.45, 2.75) is 52.5 Å². The number of likely N-dealkylation sites (tertiary alicyclic amines) is 1. The maximum Gasteiger partial charge on any atom is 0.0379 e. The first-order valence-corrected chi connectivity index (χ1v) is 9.95. The van der Waals surface area contributed by atoms with Crippen molar-refractivity contribution in [1.82, 2.24) is 4.90 Å². The summed E-state index contributed by atoms with van der Waals surface area (Å²) in [7, 11) is 0. The van der Waals surface area contributed by atoms with Crippen molar-refractivity contribution in [3.63, 3.8) is 0 Å². The zero-order valence-corrected chi connectivity index (χ0v) is 16.4. The van der Waals surface area contributed by atoms with Crippen LogP contribution in [0.5, 0.6) is 0 Å². The highest BCUT2D eigenvalue weighted by Gasteiger charge is 2.40. The molecule has 0 radical (unpaired) electrons. The molecule has 0 unspecified atom stereocenters. The molecule has 0 aromatic heterocycles. The fraction of sp³-hybridized carbons (Fsp3) is 0.478. The highest BCUT2D eigenvalue weighted by molar-refractivity contribution is 5.60. The van der Waals surface area contributed by atoms with E-state index in [2.05, 4.69) is 64.8 Å². The summed E-state index contributed by atoms with van der Waals surface area (Å²) in [6.45, 7) is 12.6. The Balaban J connectivity index is 0.000000528. The number of fused-ring (bicyclic) bond motifs is 2. The van der Waals surface area contributed by atoms with Crippen LogP contribution in [-0.4, -0.2) is 24.5 Å². The molecule has 0 bridgehead atoms. The number of anilines is 1. The van der Waals surface area contributed by atoms with Crippen molar-refractivity contribution >= 4 is 5.69 Å². The molecule has 2 aliphatic heterocycles. The smallest absolute Gasteiger partial charge is 0.0379 e. The highest BCUT2D eigenvalue weighted by atomic mass is 15.1. The lowest BCUT2D eigenvalue weighted by atomic mass is 9.74. The molecule has 2 aliphatic rings. The predicted molar refractivity (Wildman–Crippen MR) is 110 cm³/mol. The average molecular weight is 339 g/mol. The van der Waals surface area contributed by atoms with E-state index in [0.717, 1.165) is 13.1 Å². The molecule has 1 spiro atoms. The van der Waals surface area contributed by atoms with Gasteiger partial charge in [-0.05, 0) is 43.1 Å². The van der Waals surface area contributed by atoms with Gasteiger partial charge in [0, 0.05) is 24.2 Å². The Bertz CT molecular complexity index is 613. The van der Waals surface area contributed by atoms with Gasteiger partial charge < -0.3 is 5.32 Å². The first-order chi connectivity index (χ1) is 12.4. The van der Waals surface area contributed by atoms with Crippen LogP contribution in [-0.2, 0) is 12.0 Å². The zero-order valence-electron chi connectivity index (χ0n) is 16.4. The summed E-state index contributed by atoms with van der Waals surface area (Å²) < 4.78 is 0. The van der Waals surface area contributed by atoms with Crippen LogP contribution in [0.2, 0.25) is 0 Å². The van der Waals surface area contributed by atoms with Gasteiger partial charge in [0.05, 0.1) is 0 Å². The largest absolute Gasteiger partial charge is 0.384 e. The standard InChI is InChI=1S/C19H22N2.2C2H6/c1-2-6-16(7-3-1)14-21-12-10-19(11-13-21)15-20-18-9-5-4-8-17(18)19;2*1-2/h1-9,20H,10-15H2;2*1-2H3. The molecule has 2 aromatic carbocycles. The van der Waals surface area contributed by atoms with Gasteiger partial charge in [0.25, 0.3) is 0 Å². The van der Waals surface area contributed by atoms with E-state index in [1.165, 1.54) is 37.2 Å². The van der Waals surface area contributed by atoms with E-state index in [4.69, 9.17) is 0 Å². The lowest BCUT2D eigenvalue weighted by Crippen LogP contribution is -2.43. The summed E-state index contributed by atoms with van der Waals surface area (Å²) in [5, 5.41) is 3.61. The molecule has 1 fully saturated rings. The van der Waals surface area contributed by atoms with Crippen LogP contribution < -0.4 is 5.32 Å². The van der Waals surface area contributed by atoms with Gasteiger partial charge >= 0.3 is 0 Å². The number of rotatable bonds is 2.